The van der Waals surface area contributed by atoms with Gasteiger partial charge in [0.2, 0.25) is 0 Å². The molecule has 100 valence electrons. The predicted octanol–water partition coefficient (Wildman–Crippen LogP) is 2.58. The summed E-state index contributed by atoms with van der Waals surface area (Å²) in [6, 6.07) is 10.1. The Bertz CT molecular complexity index is 615. The molecule has 0 aliphatic carbocycles. The minimum Gasteiger partial charge on any atom is -0.487 e. The molecule has 4 nitrogen and oxygen atoms in total. The van der Waals surface area contributed by atoms with Crippen molar-refractivity contribution in [1.82, 2.24) is 0 Å². The first-order valence-electron chi connectivity index (χ1n) is 5.54. The van der Waals surface area contributed by atoms with Crippen molar-refractivity contribution in [2.75, 3.05) is 6.61 Å². The zero-order valence-electron chi connectivity index (χ0n) is 9.88. The van der Waals surface area contributed by atoms with Crippen LogP contribution in [0.25, 0.3) is 10.8 Å². The molecule has 0 atom stereocenters. The van der Waals surface area contributed by atoms with Crippen molar-refractivity contribution >= 4 is 16.6 Å². The average molecular weight is 266 g/mol. The number of nitrogens with zero attached hydrogens (tertiary/aromatic N) is 1. The summed E-state index contributed by atoms with van der Waals surface area (Å²) in [6.07, 6.45) is -2.54. The molecule has 6 heteroatoms. The molecule has 2 aromatic carbocycles. The topological polar surface area (TPSA) is 67.8 Å². The largest absolute Gasteiger partial charge is 0.487 e. The van der Waals surface area contributed by atoms with E-state index in [0.29, 0.717) is 22.1 Å². The highest BCUT2D eigenvalue weighted by molar-refractivity contribution is 6.10. The van der Waals surface area contributed by atoms with Gasteiger partial charge in [-0.2, -0.15) is 0 Å². The lowest BCUT2D eigenvalue weighted by Gasteiger charge is -2.11. The molecule has 0 saturated heterocycles. The van der Waals surface area contributed by atoms with Gasteiger partial charge in [0.1, 0.15) is 12.4 Å². The van der Waals surface area contributed by atoms with Gasteiger partial charge in [0.15, 0.2) is 5.84 Å². The first-order chi connectivity index (χ1) is 9.13. The number of hydrogen-bond donors (Lipinski definition) is 2. The highest BCUT2D eigenvalue weighted by Gasteiger charge is 2.11. The lowest BCUT2D eigenvalue weighted by Crippen LogP contribution is -2.14. The molecule has 0 radical (unpaired) electrons. The second-order valence-electron chi connectivity index (χ2n) is 3.84. The van der Waals surface area contributed by atoms with E-state index in [1.54, 1.807) is 30.3 Å². The Hall–Kier alpha value is -2.37. The van der Waals surface area contributed by atoms with Gasteiger partial charge in [0.05, 0.1) is 0 Å². The Morgan fingerprint density at radius 2 is 1.89 bits per heavy atom. The SMILES string of the molecule is N/C(=N/O)c1ccc(OCC(F)F)c2ccccc12. The van der Waals surface area contributed by atoms with Crippen LogP contribution in [0, 0.1) is 0 Å². The molecule has 0 aliphatic heterocycles. The third kappa shape index (κ3) is 2.73. The van der Waals surface area contributed by atoms with Gasteiger partial charge in [-0.25, -0.2) is 8.78 Å². The number of halogens is 2. The average Bonchev–Trinajstić information content (AvgIpc) is 2.43. The van der Waals surface area contributed by atoms with Crippen LogP contribution in [0.4, 0.5) is 8.78 Å². The maximum Gasteiger partial charge on any atom is 0.272 e. The molecule has 0 amide bonds. The molecule has 0 aromatic heterocycles. The summed E-state index contributed by atoms with van der Waals surface area (Å²) in [4.78, 5) is 0. The van der Waals surface area contributed by atoms with Crippen molar-refractivity contribution in [1.29, 1.82) is 0 Å². The Morgan fingerprint density at radius 3 is 2.53 bits per heavy atom. The number of fused-ring (bicyclic) bond motifs is 1. The zero-order valence-corrected chi connectivity index (χ0v) is 9.88. The quantitative estimate of drug-likeness (QED) is 0.387. The second-order valence-corrected chi connectivity index (χ2v) is 3.84. The molecule has 0 bridgehead atoms. The van der Waals surface area contributed by atoms with Gasteiger partial charge in [-0.05, 0) is 17.5 Å². The van der Waals surface area contributed by atoms with Crippen LogP contribution in [-0.4, -0.2) is 24.1 Å². The van der Waals surface area contributed by atoms with Crippen molar-refractivity contribution in [3.05, 3.63) is 42.0 Å². The molecule has 0 aliphatic rings. The van der Waals surface area contributed by atoms with Crippen LogP contribution in [0.1, 0.15) is 5.56 Å². The van der Waals surface area contributed by atoms with Crippen molar-refractivity contribution in [3.8, 4) is 5.75 Å². The number of hydrogen-bond acceptors (Lipinski definition) is 3. The van der Waals surface area contributed by atoms with Crippen molar-refractivity contribution in [3.63, 3.8) is 0 Å². The van der Waals surface area contributed by atoms with Crippen LogP contribution < -0.4 is 10.5 Å². The van der Waals surface area contributed by atoms with E-state index in [2.05, 4.69) is 5.16 Å². The summed E-state index contributed by atoms with van der Waals surface area (Å²) in [5, 5.41) is 13.0. The van der Waals surface area contributed by atoms with E-state index in [4.69, 9.17) is 15.7 Å². The molecule has 19 heavy (non-hydrogen) atoms. The molecule has 2 aromatic rings. The van der Waals surface area contributed by atoms with Gasteiger partial charge in [0, 0.05) is 10.9 Å². The Labute approximate surface area is 108 Å². The van der Waals surface area contributed by atoms with Gasteiger partial charge >= 0.3 is 0 Å². The molecular weight excluding hydrogens is 254 g/mol. The molecule has 0 fully saturated rings. The van der Waals surface area contributed by atoms with Gasteiger partial charge in [-0.1, -0.05) is 29.4 Å². The second kappa shape index (κ2) is 5.51. The molecule has 2 rings (SSSR count). The van der Waals surface area contributed by atoms with Crippen LogP contribution in [0.3, 0.4) is 0 Å². The minimum absolute atomic E-state index is 0.0448. The lowest BCUT2D eigenvalue weighted by molar-refractivity contribution is 0.0827. The number of alkyl halides is 2. The normalized spacial score (nSPS) is 12.1. The van der Waals surface area contributed by atoms with E-state index in [1.165, 1.54) is 6.07 Å². The van der Waals surface area contributed by atoms with E-state index in [0.717, 1.165) is 0 Å². The molecule has 0 unspecified atom stereocenters. The fourth-order valence-electron chi connectivity index (χ4n) is 1.83. The van der Waals surface area contributed by atoms with Gasteiger partial charge in [0.25, 0.3) is 6.43 Å². The van der Waals surface area contributed by atoms with Crippen LogP contribution in [0.15, 0.2) is 41.6 Å². The van der Waals surface area contributed by atoms with Crippen LogP contribution in [0.5, 0.6) is 5.75 Å². The molecule has 0 saturated carbocycles. The summed E-state index contributed by atoms with van der Waals surface area (Å²) in [6.45, 7) is -0.674. The molecule has 0 heterocycles. The van der Waals surface area contributed by atoms with Gasteiger partial charge in [-0.15, -0.1) is 0 Å². The van der Waals surface area contributed by atoms with Crippen molar-refractivity contribution in [2.24, 2.45) is 10.9 Å². The van der Waals surface area contributed by atoms with E-state index >= 15 is 0 Å². The maximum absolute atomic E-state index is 12.2. The maximum atomic E-state index is 12.2. The third-order valence-corrected chi connectivity index (χ3v) is 2.63. The molecule has 0 spiro atoms. The summed E-state index contributed by atoms with van der Waals surface area (Å²) in [5.74, 6) is 0.294. The van der Waals surface area contributed by atoms with Crippen LogP contribution in [-0.2, 0) is 0 Å². The summed E-state index contributed by atoms with van der Waals surface area (Å²) in [7, 11) is 0. The number of rotatable bonds is 4. The standard InChI is InChI=1S/C13H12F2N2O2/c14-12(15)7-19-11-6-5-10(13(16)17-18)8-3-1-2-4-9(8)11/h1-6,12,18H,7H2,(H2,16,17). The molecule has 3 N–H and O–H groups in total. The fourth-order valence-corrected chi connectivity index (χ4v) is 1.83. The monoisotopic (exact) mass is 266 g/mol. The predicted molar refractivity (Wildman–Crippen MR) is 68.0 cm³/mol. The number of amidine groups is 1. The number of ether oxygens (including phenoxy) is 1. The Morgan fingerprint density at radius 1 is 1.21 bits per heavy atom. The Balaban J connectivity index is 2.52. The third-order valence-electron chi connectivity index (χ3n) is 2.63. The van der Waals surface area contributed by atoms with Gasteiger partial charge < -0.3 is 15.7 Å². The number of nitrogens with two attached hydrogens (primary N) is 1. The lowest BCUT2D eigenvalue weighted by atomic mass is 10.0. The Kier molecular flexibility index (Phi) is 3.79. The zero-order chi connectivity index (χ0) is 13.8. The highest BCUT2D eigenvalue weighted by Crippen LogP contribution is 2.28. The first kappa shape index (κ1) is 13.1. The number of oxime groups is 1. The summed E-state index contributed by atoms with van der Waals surface area (Å²) in [5.41, 5.74) is 6.09. The number of benzene rings is 2. The molecular formula is C13H12F2N2O2. The van der Waals surface area contributed by atoms with Crippen molar-refractivity contribution < 1.29 is 18.7 Å². The smallest absolute Gasteiger partial charge is 0.272 e. The summed E-state index contributed by atoms with van der Waals surface area (Å²) >= 11 is 0. The van der Waals surface area contributed by atoms with E-state index in [-0.39, 0.29) is 5.84 Å². The van der Waals surface area contributed by atoms with Gasteiger partial charge in [-0.3, -0.25) is 0 Å². The van der Waals surface area contributed by atoms with E-state index in [1.807, 2.05) is 0 Å². The van der Waals surface area contributed by atoms with Crippen LogP contribution in [0.2, 0.25) is 0 Å². The van der Waals surface area contributed by atoms with Crippen LogP contribution >= 0.6 is 0 Å². The van der Waals surface area contributed by atoms with Crippen molar-refractivity contribution in [2.45, 2.75) is 6.43 Å². The minimum atomic E-state index is -2.54. The highest BCUT2D eigenvalue weighted by atomic mass is 19.3. The first-order valence-corrected chi connectivity index (χ1v) is 5.54. The van der Waals surface area contributed by atoms with E-state index in [9.17, 15) is 8.78 Å². The van der Waals surface area contributed by atoms with E-state index < -0.39 is 13.0 Å². The summed E-state index contributed by atoms with van der Waals surface area (Å²) < 4.78 is 29.4. The fraction of sp³-hybridized carbons (Fsp3) is 0.154.